The highest BCUT2D eigenvalue weighted by molar-refractivity contribution is 7.70. The van der Waals surface area contributed by atoms with Crippen LogP contribution in [0.15, 0.2) is 79.4 Å². The maximum atomic E-state index is 13.0. The Kier molecular flexibility index (Phi) is 7.71. The minimum Gasteiger partial charge on any atom is -0.338 e. The van der Waals surface area contributed by atoms with E-state index >= 15 is 0 Å². The Labute approximate surface area is 239 Å². The fourth-order valence-corrected chi connectivity index (χ4v) is 5.06. The van der Waals surface area contributed by atoms with Crippen molar-refractivity contribution < 1.29 is 22.5 Å². The summed E-state index contributed by atoms with van der Waals surface area (Å²) in [7, 11) is -2.36. The van der Waals surface area contributed by atoms with E-state index in [9.17, 15) is 22.5 Å². The summed E-state index contributed by atoms with van der Waals surface area (Å²) in [6, 6.07) is 16.8. The van der Waals surface area contributed by atoms with Crippen LogP contribution in [0.25, 0.3) is 23.4 Å². The number of hydrogen-bond acceptors (Lipinski definition) is 6. The largest absolute Gasteiger partial charge is 0.416 e. The zero-order valence-electron chi connectivity index (χ0n) is 22.8. The van der Waals surface area contributed by atoms with Crippen LogP contribution in [0.2, 0.25) is 0 Å². The Hall–Kier alpha value is -4.76. The number of aryl methyl sites for hydroxylation is 1. The van der Waals surface area contributed by atoms with Crippen LogP contribution >= 0.6 is 7.14 Å². The molecule has 42 heavy (non-hydrogen) atoms. The monoisotopic (exact) mass is 590 g/mol. The molecule has 8 nitrogen and oxygen atoms in total. The molecule has 0 aliphatic heterocycles. The molecule has 12 heteroatoms. The average Bonchev–Trinajstić information content (AvgIpc) is 3.36. The summed E-state index contributed by atoms with van der Waals surface area (Å²) in [4.78, 5) is 26.0. The zero-order chi connectivity index (χ0) is 30.1. The SMILES string of the molecule is Cc1ccc(C(=O)Nc2cccc(C(F)(F)F)c2)cc1C=Cn1cnc2c(Nc3ccc(P(C)(C)=O)cc3)ncnc21. The summed E-state index contributed by atoms with van der Waals surface area (Å²) in [5.41, 5.74) is 2.94. The van der Waals surface area contributed by atoms with Crippen LogP contribution in [0.5, 0.6) is 0 Å². The van der Waals surface area contributed by atoms with Crippen molar-refractivity contribution in [2.75, 3.05) is 24.0 Å². The van der Waals surface area contributed by atoms with E-state index < -0.39 is 24.8 Å². The summed E-state index contributed by atoms with van der Waals surface area (Å²) in [6.07, 6.45) is 2.04. The lowest BCUT2D eigenvalue weighted by Crippen LogP contribution is -2.13. The lowest BCUT2D eigenvalue weighted by Gasteiger charge is -2.11. The Morgan fingerprint density at radius 3 is 2.43 bits per heavy atom. The first kappa shape index (κ1) is 28.8. The van der Waals surface area contributed by atoms with E-state index in [1.165, 1.54) is 18.5 Å². The van der Waals surface area contributed by atoms with Gasteiger partial charge in [-0.2, -0.15) is 13.2 Å². The lowest BCUT2D eigenvalue weighted by atomic mass is 10.0. The first-order valence-electron chi connectivity index (χ1n) is 12.8. The third-order valence-electron chi connectivity index (χ3n) is 6.51. The summed E-state index contributed by atoms with van der Waals surface area (Å²) in [6.45, 7) is 5.32. The van der Waals surface area contributed by atoms with E-state index in [0.717, 1.165) is 34.3 Å². The number of carbonyl (C=O) groups is 1. The van der Waals surface area contributed by atoms with Crippen molar-refractivity contribution in [1.82, 2.24) is 19.5 Å². The van der Waals surface area contributed by atoms with Gasteiger partial charge in [0.15, 0.2) is 17.0 Å². The van der Waals surface area contributed by atoms with E-state index in [2.05, 4.69) is 25.6 Å². The number of benzene rings is 3. The van der Waals surface area contributed by atoms with Gasteiger partial charge in [-0.1, -0.05) is 12.1 Å². The van der Waals surface area contributed by atoms with Gasteiger partial charge >= 0.3 is 6.18 Å². The average molecular weight is 591 g/mol. The highest BCUT2D eigenvalue weighted by atomic mass is 31.2. The van der Waals surface area contributed by atoms with Gasteiger partial charge in [0.2, 0.25) is 0 Å². The second-order valence-corrected chi connectivity index (χ2v) is 13.2. The number of carbonyl (C=O) groups excluding carboxylic acids is 1. The molecule has 0 atom stereocenters. The Balaban J connectivity index is 1.35. The van der Waals surface area contributed by atoms with Gasteiger partial charge in [0, 0.05) is 28.4 Å². The molecule has 0 saturated carbocycles. The first-order chi connectivity index (χ1) is 19.9. The molecule has 0 aliphatic rings. The Morgan fingerprint density at radius 2 is 1.71 bits per heavy atom. The predicted molar refractivity (Wildman–Crippen MR) is 160 cm³/mol. The number of imidazole rings is 1. The molecule has 0 aliphatic carbocycles. The molecule has 2 N–H and O–H groups in total. The summed E-state index contributed by atoms with van der Waals surface area (Å²) in [5.74, 6) is -0.0326. The number of fused-ring (bicyclic) bond motifs is 1. The standard InChI is InChI=1S/C30H26F3N6O2P/c1-19-7-8-21(29(40)38-24-6-4-5-22(16-24)30(31,32)33)15-20(19)13-14-39-18-36-26-27(34-17-35-28(26)39)37-23-9-11-25(12-10-23)42(2,3)41/h4-18H,1-3H3,(H,38,40)(H,34,35,37). The fourth-order valence-electron chi connectivity index (χ4n) is 4.19. The minimum atomic E-state index is -4.51. The molecule has 0 radical (unpaired) electrons. The molecule has 1 amide bonds. The van der Waals surface area contributed by atoms with Crippen molar-refractivity contribution in [3.63, 3.8) is 0 Å². The fraction of sp³-hybridized carbons (Fsp3) is 0.133. The second kappa shape index (κ2) is 11.3. The molecule has 0 bridgehead atoms. The van der Waals surface area contributed by atoms with Crippen molar-refractivity contribution in [1.29, 1.82) is 0 Å². The topological polar surface area (TPSA) is 102 Å². The number of hydrogen-bond donors (Lipinski definition) is 2. The summed E-state index contributed by atoms with van der Waals surface area (Å²) >= 11 is 0. The van der Waals surface area contributed by atoms with Crippen LogP contribution in [0.3, 0.4) is 0 Å². The molecule has 214 valence electrons. The van der Waals surface area contributed by atoms with Gasteiger partial charge in [-0.15, -0.1) is 0 Å². The number of aromatic nitrogens is 4. The van der Waals surface area contributed by atoms with Crippen molar-refractivity contribution in [3.05, 3.63) is 102 Å². The van der Waals surface area contributed by atoms with E-state index in [1.807, 2.05) is 31.2 Å². The zero-order valence-corrected chi connectivity index (χ0v) is 23.7. The van der Waals surface area contributed by atoms with Crippen molar-refractivity contribution in [2.45, 2.75) is 13.1 Å². The molecule has 0 saturated heterocycles. The van der Waals surface area contributed by atoms with Gasteiger partial charge < -0.3 is 15.2 Å². The van der Waals surface area contributed by atoms with Crippen LogP contribution in [0.1, 0.15) is 27.0 Å². The molecular weight excluding hydrogens is 564 g/mol. The van der Waals surface area contributed by atoms with Crippen LogP contribution in [-0.2, 0) is 10.7 Å². The lowest BCUT2D eigenvalue weighted by molar-refractivity contribution is -0.137. The quantitative estimate of drug-likeness (QED) is 0.198. The molecule has 2 heterocycles. The van der Waals surface area contributed by atoms with Crippen LogP contribution < -0.4 is 15.9 Å². The van der Waals surface area contributed by atoms with E-state index in [1.54, 1.807) is 54.7 Å². The van der Waals surface area contributed by atoms with Gasteiger partial charge in [-0.05, 0) is 92.1 Å². The number of nitrogens with zero attached hydrogens (tertiary/aromatic N) is 4. The Bertz CT molecular complexity index is 1860. The second-order valence-electron chi connectivity index (χ2n) is 9.99. The number of nitrogens with one attached hydrogen (secondary N) is 2. The highest BCUT2D eigenvalue weighted by Gasteiger charge is 2.30. The molecule has 3 aromatic carbocycles. The molecule has 5 aromatic rings. The Morgan fingerprint density at radius 1 is 0.952 bits per heavy atom. The molecule has 0 fully saturated rings. The van der Waals surface area contributed by atoms with E-state index in [4.69, 9.17) is 0 Å². The van der Waals surface area contributed by atoms with E-state index in [0.29, 0.717) is 17.0 Å². The minimum absolute atomic E-state index is 0.0492. The summed E-state index contributed by atoms with van der Waals surface area (Å²) < 4.78 is 53.2. The van der Waals surface area contributed by atoms with Gasteiger partial charge in [-0.25, -0.2) is 15.0 Å². The van der Waals surface area contributed by atoms with Crippen molar-refractivity contribution in [3.8, 4) is 0 Å². The molecule has 0 unspecified atom stereocenters. The van der Waals surface area contributed by atoms with Gasteiger partial charge in [0.25, 0.3) is 5.91 Å². The maximum absolute atomic E-state index is 13.0. The number of rotatable bonds is 7. The summed E-state index contributed by atoms with van der Waals surface area (Å²) in [5, 5.41) is 6.54. The highest BCUT2D eigenvalue weighted by Crippen LogP contribution is 2.35. The van der Waals surface area contributed by atoms with Crippen LogP contribution in [-0.4, -0.2) is 38.8 Å². The number of amides is 1. The number of alkyl halides is 3. The van der Waals surface area contributed by atoms with Crippen molar-refractivity contribution >= 4 is 59.0 Å². The third-order valence-corrected chi connectivity index (χ3v) is 8.06. The van der Waals surface area contributed by atoms with Crippen LogP contribution in [0.4, 0.5) is 30.4 Å². The van der Waals surface area contributed by atoms with Crippen molar-refractivity contribution in [2.24, 2.45) is 0 Å². The smallest absolute Gasteiger partial charge is 0.338 e. The van der Waals surface area contributed by atoms with Gasteiger partial charge in [-0.3, -0.25) is 9.36 Å². The molecule has 2 aromatic heterocycles. The number of halogens is 3. The number of anilines is 3. The van der Waals surface area contributed by atoms with Gasteiger partial charge in [0.1, 0.15) is 19.8 Å². The maximum Gasteiger partial charge on any atom is 0.416 e. The molecule has 5 rings (SSSR count). The van der Waals surface area contributed by atoms with Crippen LogP contribution in [0, 0.1) is 6.92 Å². The first-order valence-corrected chi connectivity index (χ1v) is 15.4. The van der Waals surface area contributed by atoms with Gasteiger partial charge in [0.05, 0.1) is 5.56 Å². The third kappa shape index (κ3) is 6.42. The predicted octanol–water partition coefficient (Wildman–Crippen LogP) is 7.03. The molecular formula is C30H26F3N6O2P. The van der Waals surface area contributed by atoms with E-state index in [-0.39, 0.29) is 11.3 Å². The normalized spacial score (nSPS) is 12.1. The molecule has 0 spiro atoms.